The topological polar surface area (TPSA) is 73.8 Å². The monoisotopic (exact) mass is 531 g/mol. The van der Waals surface area contributed by atoms with Gasteiger partial charge >= 0.3 is 0 Å². The molecule has 1 saturated heterocycles. The molecule has 0 atom stereocenters. The second-order valence-corrected chi connectivity index (χ2v) is 8.99. The summed E-state index contributed by atoms with van der Waals surface area (Å²) in [5, 5.41) is -0.148. The molecular weight excluding hydrogens is 513 g/mol. The third-order valence-electron chi connectivity index (χ3n) is 4.65. The van der Waals surface area contributed by atoms with Crippen molar-refractivity contribution < 1.29 is 23.4 Å². The smallest absolute Gasteiger partial charge is 0.270 e. The summed E-state index contributed by atoms with van der Waals surface area (Å²) in [5.41, 5.74) is 1.33. The lowest BCUT2D eigenvalue weighted by Gasteiger charge is -2.15. The summed E-state index contributed by atoms with van der Waals surface area (Å²) < 4.78 is 31.1. The van der Waals surface area contributed by atoms with Gasteiger partial charge in [0.1, 0.15) is 5.75 Å². The van der Waals surface area contributed by atoms with Crippen LogP contribution in [0.5, 0.6) is 23.1 Å². The van der Waals surface area contributed by atoms with Crippen LogP contribution in [0, 0.1) is 5.82 Å². The van der Waals surface area contributed by atoms with Gasteiger partial charge in [0.2, 0.25) is 11.1 Å². The van der Waals surface area contributed by atoms with Gasteiger partial charge in [0, 0.05) is 0 Å². The van der Waals surface area contributed by atoms with Crippen LogP contribution >= 0.6 is 35.6 Å². The number of carbonyl (C=O) groups is 1. The van der Waals surface area contributed by atoms with Crippen molar-refractivity contribution in [2.24, 2.45) is 0 Å². The quantitative estimate of drug-likeness (QED) is 0.191. The molecule has 0 spiro atoms. The van der Waals surface area contributed by atoms with Gasteiger partial charge in [-0.25, -0.2) is 4.98 Å². The molecule has 1 fully saturated rings. The molecule has 1 aliphatic heterocycles. The molecule has 0 saturated carbocycles. The van der Waals surface area contributed by atoms with Crippen LogP contribution in [0.1, 0.15) is 19.4 Å². The zero-order chi connectivity index (χ0) is 24.9. The van der Waals surface area contributed by atoms with Gasteiger partial charge in [0.25, 0.3) is 11.8 Å². The van der Waals surface area contributed by atoms with E-state index in [-0.39, 0.29) is 22.8 Å². The molecule has 0 N–H and O–H groups in total. The molecule has 0 unspecified atom stereocenters. The van der Waals surface area contributed by atoms with Gasteiger partial charge in [-0.3, -0.25) is 9.69 Å². The summed E-state index contributed by atoms with van der Waals surface area (Å²) in [6, 6.07) is 12.2. The number of benzene rings is 2. The first kappa shape index (κ1) is 24.9. The highest BCUT2D eigenvalue weighted by molar-refractivity contribution is 8.27. The van der Waals surface area contributed by atoms with Crippen molar-refractivity contribution in [3.05, 3.63) is 70.2 Å². The lowest BCUT2D eigenvalue weighted by molar-refractivity contribution is -0.113. The fraction of sp³-hybridized carbons (Fsp3) is 0.167. The SMILES string of the molecule is CCOc1ccc(N2C(=O)/C(=C\c3ccc(Oc4nc(Cl)ncc4F)c(OCC)c3)SC2=S)cc1. The van der Waals surface area contributed by atoms with Crippen LogP contribution in [0.15, 0.2) is 53.6 Å². The molecule has 180 valence electrons. The van der Waals surface area contributed by atoms with Crippen LogP contribution in [-0.4, -0.2) is 33.4 Å². The molecule has 2 heterocycles. The lowest BCUT2D eigenvalue weighted by atomic mass is 10.1. The third-order valence-corrected chi connectivity index (χ3v) is 6.14. The van der Waals surface area contributed by atoms with E-state index in [0.29, 0.717) is 45.2 Å². The summed E-state index contributed by atoms with van der Waals surface area (Å²) in [5.74, 6) is -0.0296. The van der Waals surface area contributed by atoms with Crippen LogP contribution < -0.4 is 19.1 Å². The number of aromatic nitrogens is 2. The number of rotatable bonds is 8. The second-order valence-electron chi connectivity index (χ2n) is 6.98. The molecule has 4 rings (SSSR count). The lowest BCUT2D eigenvalue weighted by Crippen LogP contribution is -2.27. The van der Waals surface area contributed by atoms with Gasteiger partial charge in [-0.05, 0) is 73.5 Å². The number of hydrogen-bond acceptors (Lipinski definition) is 8. The molecule has 11 heteroatoms. The Bertz CT molecular complexity index is 1300. The molecule has 3 aromatic rings. The fourth-order valence-electron chi connectivity index (χ4n) is 3.17. The summed E-state index contributed by atoms with van der Waals surface area (Å²) in [6.07, 6.45) is 2.63. The Morgan fingerprint density at radius 1 is 1.11 bits per heavy atom. The largest absolute Gasteiger partial charge is 0.494 e. The van der Waals surface area contributed by atoms with E-state index in [0.717, 1.165) is 6.20 Å². The van der Waals surface area contributed by atoms with Crippen molar-refractivity contribution in [1.29, 1.82) is 0 Å². The standard InChI is InChI=1S/C24H19ClFN3O4S2/c1-3-31-16-8-6-15(7-9-16)29-22(30)20(35-24(29)34)12-14-5-10-18(19(11-14)32-4-2)33-21-17(26)13-27-23(25)28-21/h5-13H,3-4H2,1-2H3/b20-12+. The van der Waals surface area contributed by atoms with E-state index in [9.17, 15) is 9.18 Å². The number of hydrogen-bond donors (Lipinski definition) is 0. The second kappa shape index (κ2) is 11.0. The zero-order valence-corrected chi connectivity index (χ0v) is 21.0. The molecule has 1 aliphatic rings. The molecule has 2 aromatic carbocycles. The highest BCUT2D eigenvalue weighted by Gasteiger charge is 2.33. The highest BCUT2D eigenvalue weighted by Crippen LogP contribution is 2.38. The van der Waals surface area contributed by atoms with Crippen molar-refractivity contribution >= 4 is 57.6 Å². The van der Waals surface area contributed by atoms with Crippen LogP contribution in [0.25, 0.3) is 6.08 Å². The van der Waals surface area contributed by atoms with Gasteiger partial charge in [0.05, 0.1) is 30.0 Å². The predicted octanol–water partition coefficient (Wildman–Crippen LogP) is 6.26. The maximum atomic E-state index is 14.0. The third kappa shape index (κ3) is 5.72. The van der Waals surface area contributed by atoms with E-state index < -0.39 is 5.82 Å². The Hall–Kier alpha value is -3.21. The minimum atomic E-state index is -0.765. The van der Waals surface area contributed by atoms with Gasteiger partial charge < -0.3 is 14.2 Å². The molecular formula is C24H19ClFN3O4S2. The van der Waals surface area contributed by atoms with Crippen LogP contribution in [0.2, 0.25) is 5.28 Å². The van der Waals surface area contributed by atoms with E-state index in [1.54, 1.807) is 55.5 Å². The molecule has 1 aromatic heterocycles. The molecule has 35 heavy (non-hydrogen) atoms. The van der Waals surface area contributed by atoms with E-state index in [4.69, 9.17) is 38.0 Å². The average molecular weight is 532 g/mol. The first-order chi connectivity index (χ1) is 16.9. The minimum Gasteiger partial charge on any atom is -0.494 e. The number of ether oxygens (including phenoxy) is 3. The van der Waals surface area contributed by atoms with Crippen molar-refractivity contribution in [1.82, 2.24) is 9.97 Å². The Balaban J connectivity index is 1.59. The van der Waals surface area contributed by atoms with Crippen molar-refractivity contribution in [3.63, 3.8) is 0 Å². The normalized spacial score (nSPS) is 14.5. The first-order valence-electron chi connectivity index (χ1n) is 10.5. The Morgan fingerprint density at radius 2 is 1.86 bits per heavy atom. The van der Waals surface area contributed by atoms with Crippen LogP contribution in [-0.2, 0) is 4.79 Å². The average Bonchev–Trinajstić information content (AvgIpc) is 3.11. The van der Waals surface area contributed by atoms with E-state index in [1.807, 2.05) is 6.92 Å². The molecule has 0 bridgehead atoms. The maximum Gasteiger partial charge on any atom is 0.270 e. The van der Waals surface area contributed by atoms with Crippen molar-refractivity contribution in [3.8, 4) is 23.1 Å². The molecule has 0 aliphatic carbocycles. The molecule has 0 radical (unpaired) electrons. The first-order valence-corrected chi connectivity index (χ1v) is 12.1. The summed E-state index contributed by atoms with van der Waals surface area (Å²) in [7, 11) is 0. The fourth-order valence-corrected chi connectivity index (χ4v) is 4.60. The van der Waals surface area contributed by atoms with Gasteiger partial charge in [-0.15, -0.1) is 0 Å². The predicted molar refractivity (Wildman–Crippen MR) is 138 cm³/mol. The van der Waals surface area contributed by atoms with Gasteiger partial charge in [0.15, 0.2) is 15.8 Å². The van der Waals surface area contributed by atoms with E-state index in [2.05, 4.69) is 9.97 Å². The number of thiocarbonyl (C=S) groups is 1. The zero-order valence-electron chi connectivity index (χ0n) is 18.7. The number of amides is 1. The number of anilines is 1. The number of thioether (sulfide) groups is 1. The van der Waals surface area contributed by atoms with Crippen molar-refractivity contribution in [2.45, 2.75) is 13.8 Å². The van der Waals surface area contributed by atoms with E-state index >= 15 is 0 Å². The minimum absolute atomic E-state index is 0.148. The Kier molecular flexibility index (Phi) is 7.84. The van der Waals surface area contributed by atoms with Crippen molar-refractivity contribution in [2.75, 3.05) is 18.1 Å². The molecule has 7 nitrogen and oxygen atoms in total. The number of carbonyl (C=O) groups excluding carboxylic acids is 1. The highest BCUT2D eigenvalue weighted by atomic mass is 35.5. The maximum absolute atomic E-state index is 14.0. The van der Waals surface area contributed by atoms with Crippen LogP contribution in [0.3, 0.4) is 0 Å². The van der Waals surface area contributed by atoms with E-state index in [1.165, 1.54) is 16.7 Å². The Labute approximate surface area is 215 Å². The summed E-state index contributed by atoms with van der Waals surface area (Å²) in [4.78, 5) is 22.4. The Morgan fingerprint density at radius 3 is 2.57 bits per heavy atom. The van der Waals surface area contributed by atoms with Crippen LogP contribution in [0.4, 0.5) is 10.1 Å². The number of halogens is 2. The van der Waals surface area contributed by atoms with Gasteiger partial charge in [-0.2, -0.15) is 9.37 Å². The summed E-state index contributed by atoms with van der Waals surface area (Å²) >= 11 is 12.4. The molecule has 1 amide bonds. The summed E-state index contributed by atoms with van der Waals surface area (Å²) in [6.45, 7) is 4.60. The number of nitrogens with zero attached hydrogens (tertiary/aromatic N) is 3. The van der Waals surface area contributed by atoms with Gasteiger partial charge in [-0.1, -0.05) is 30.0 Å².